The van der Waals surface area contributed by atoms with Crippen LogP contribution in [0.4, 0.5) is 18.9 Å². The summed E-state index contributed by atoms with van der Waals surface area (Å²) in [6.45, 7) is -1.05. The number of amides is 2. The third-order valence-corrected chi connectivity index (χ3v) is 4.49. The number of rotatable bonds is 3. The number of alkyl halides is 3. The molecular weight excluding hydrogens is 341 g/mol. The van der Waals surface area contributed by atoms with Gasteiger partial charge in [0.15, 0.2) is 12.2 Å². The third-order valence-electron chi connectivity index (χ3n) is 4.49. The number of para-hydroxylation sites is 2. The highest BCUT2D eigenvalue weighted by Gasteiger charge is 2.57. The largest absolute Gasteiger partial charge is 0.482 e. The number of fused-ring (bicyclic) bond motifs is 1. The molecule has 2 heterocycles. The molecule has 1 N–H and O–H groups in total. The summed E-state index contributed by atoms with van der Waals surface area (Å²) >= 11 is 0. The summed E-state index contributed by atoms with van der Waals surface area (Å²) in [6.07, 6.45) is -5.45. The molecule has 136 valence electrons. The Morgan fingerprint density at radius 2 is 2.04 bits per heavy atom. The fraction of sp³-hybridized carbons (Fsp3) is 0.500. The fourth-order valence-electron chi connectivity index (χ4n) is 3.00. The summed E-state index contributed by atoms with van der Waals surface area (Å²) in [5.41, 5.74) is -2.33. The lowest BCUT2D eigenvalue weighted by Gasteiger charge is -2.30. The van der Waals surface area contributed by atoms with E-state index in [1.54, 1.807) is 24.3 Å². The number of carbonyl (C=O) groups is 2. The Morgan fingerprint density at radius 1 is 1.32 bits per heavy atom. The van der Waals surface area contributed by atoms with Crippen LogP contribution in [0, 0.1) is 0 Å². The Labute approximate surface area is 141 Å². The number of likely N-dealkylation sites (tertiary alicyclic amines) is 1. The normalized spacial score (nSPS) is 23.4. The van der Waals surface area contributed by atoms with Crippen LogP contribution >= 0.6 is 0 Å². The maximum atomic E-state index is 12.8. The highest BCUT2D eigenvalue weighted by molar-refractivity contribution is 5.98. The Kier molecular flexibility index (Phi) is 4.36. The summed E-state index contributed by atoms with van der Waals surface area (Å²) in [5.74, 6) is -0.334. The minimum Gasteiger partial charge on any atom is -0.482 e. The average molecular weight is 358 g/mol. The molecule has 0 aliphatic carbocycles. The Bertz CT molecular complexity index is 694. The molecule has 1 aromatic rings. The second-order valence-corrected chi connectivity index (χ2v) is 6.15. The zero-order chi connectivity index (χ0) is 18.2. The lowest BCUT2D eigenvalue weighted by atomic mass is 10.0. The van der Waals surface area contributed by atoms with Crippen molar-refractivity contribution in [2.45, 2.75) is 24.6 Å². The van der Waals surface area contributed by atoms with Crippen LogP contribution in [-0.4, -0.2) is 59.8 Å². The number of ether oxygens (including phenoxy) is 1. The van der Waals surface area contributed by atoms with Gasteiger partial charge in [0.25, 0.3) is 5.91 Å². The van der Waals surface area contributed by atoms with Gasteiger partial charge in [-0.2, -0.15) is 13.2 Å². The summed E-state index contributed by atoms with van der Waals surface area (Å²) in [4.78, 5) is 26.6. The van der Waals surface area contributed by atoms with Crippen LogP contribution in [0.2, 0.25) is 0 Å². The minimum absolute atomic E-state index is 0.0407. The van der Waals surface area contributed by atoms with Crippen LogP contribution in [0.1, 0.15) is 12.8 Å². The van der Waals surface area contributed by atoms with Gasteiger partial charge in [-0.15, -0.1) is 0 Å². The molecule has 1 unspecified atom stereocenters. The van der Waals surface area contributed by atoms with Gasteiger partial charge >= 0.3 is 6.18 Å². The van der Waals surface area contributed by atoms with E-state index >= 15 is 0 Å². The molecule has 1 atom stereocenters. The highest BCUT2D eigenvalue weighted by Crippen LogP contribution is 2.38. The molecule has 0 saturated carbocycles. The summed E-state index contributed by atoms with van der Waals surface area (Å²) in [7, 11) is 0. The van der Waals surface area contributed by atoms with Crippen LogP contribution in [0.15, 0.2) is 24.3 Å². The fourth-order valence-corrected chi connectivity index (χ4v) is 3.00. The van der Waals surface area contributed by atoms with Gasteiger partial charge in [0, 0.05) is 25.9 Å². The van der Waals surface area contributed by atoms with Crippen molar-refractivity contribution in [3.8, 4) is 5.75 Å². The molecule has 1 fully saturated rings. The topological polar surface area (TPSA) is 70.1 Å². The average Bonchev–Trinajstić information content (AvgIpc) is 2.97. The van der Waals surface area contributed by atoms with Crippen molar-refractivity contribution in [2.75, 3.05) is 31.1 Å². The molecule has 2 aliphatic rings. The summed E-state index contributed by atoms with van der Waals surface area (Å²) in [5, 5.41) is 9.64. The van der Waals surface area contributed by atoms with Gasteiger partial charge in [-0.1, -0.05) is 12.1 Å². The van der Waals surface area contributed by atoms with Crippen molar-refractivity contribution in [1.29, 1.82) is 0 Å². The maximum absolute atomic E-state index is 12.8. The van der Waals surface area contributed by atoms with E-state index in [9.17, 15) is 27.9 Å². The molecule has 1 aromatic carbocycles. The van der Waals surface area contributed by atoms with Gasteiger partial charge < -0.3 is 19.6 Å². The van der Waals surface area contributed by atoms with Gasteiger partial charge in [0.2, 0.25) is 5.91 Å². The van der Waals surface area contributed by atoms with Crippen molar-refractivity contribution >= 4 is 17.5 Å². The molecule has 9 heteroatoms. The first-order chi connectivity index (χ1) is 11.7. The van der Waals surface area contributed by atoms with Crippen molar-refractivity contribution in [1.82, 2.24) is 4.90 Å². The Balaban J connectivity index is 1.63. The van der Waals surface area contributed by atoms with E-state index in [0.29, 0.717) is 11.4 Å². The molecule has 1 saturated heterocycles. The van der Waals surface area contributed by atoms with Crippen LogP contribution < -0.4 is 9.64 Å². The lowest BCUT2D eigenvalue weighted by Crippen LogP contribution is -2.48. The van der Waals surface area contributed by atoms with E-state index in [4.69, 9.17) is 4.74 Å². The third kappa shape index (κ3) is 3.28. The number of aliphatic hydroxyl groups is 1. The first-order valence-electron chi connectivity index (χ1n) is 7.80. The van der Waals surface area contributed by atoms with Crippen molar-refractivity contribution < 1.29 is 32.6 Å². The van der Waals surface area contributed by atoms with E-state index in [1.807, 2.05) is 0 Å². The molecule has 3 rings (SSSR count). The van der Waals surface area contributed by atoms with Crippen molar-refractivity contribution in [3.63, 3.8) is 0 Å². The SMILES string of the molecule is O=C(CCN1C(=O)COc2ccccc21)N1CCC(O)(C(F)(F)F)C1. The maximum Gasteiger partial charge on any atom is 0.419 e. The van der Waals surface area contributed by atoms with Crippen LogP contribution in [0.3, 0.4) is 0 Å². The summed E-state index contributed by atoms with van der Waals surface area (Å²) < 4.78 is 43.8. The van der Waals surface area contributed by atoms with Crippen molar-refractivity contribution in [2.24, 2.45) is 0 Å². The standard InChI is InChI=1S/C16H17F3N2O4/c17-16(18,19)15(24)6-8-20(10-15)13(22)5-7-21-11-3-1-2-4-12(11)25-9-14(21)23/h1-4,24H,5-10H2. The second-order valence-electron chi connectivity index (χ2n) is 6.15. The molecule has 0 aromatic heterocycles. The van der Waals surface area contributed by atoms with E-state index < -0.39 is 30.7 Å². The predicted molar refractivity (Wildman–Crippen MR) is 81.1 cm³/mol. The number of β-amino-alcohol motifs (C(OH)–C–C–N with tert-alkyl or cyclic N) is 1. The van der Waals surface area contributed by atoms with Gasteiger partial charge in [-0.05, 0) is 12.1 Å². The number of nitrogens with zero attached hydrogens (tertiary/aromatic N) is 2. The van der Waals surface area contributed by atoms with E-state index in [2.05, 4.69) is 0 Å². The molecule has 0 radical (unpaired) electrons. The number of carbonyl (C=O) groups excluding carboxylic acids is 2. The molecular formula is C16H17F3N2O4. The quantitative estimate of drug-likeness (QED) is 0.885. The molecule has 6 nitrogen and oxygen atoms in total. The smallest absolute Gasteiger partial charge is 0.419 e. The first kappa shape index (κ1) is 17.5. The van der Waals surface area contributed by atoms with Gasteiger partial charge in [-0.25, -0.2) is 0 Å². The van der Waals surface area contributed by atoms with E-state index in [0.717, 1.165) is 4.90 Å². The Morgan fingerprint density at radius 3 is 2.72 bits per heavy atom. The first-order valence-corrected chi connectivity index (χ1v) is 7.80. The molecule has 0 bridgehead atoms. The van der Waals surface area contributed by atoms with E-state index in [-0.39, 0.29) is 32.0 Å². The van der Waals surface area contributed by atoms with Crippen LogP contribution in [0.5, 0.6) is 5.75 Å². The zero-order valence-corrected chi connectivity index (χ0v) is 13.3. The number of benzene rings is 1. The van der Waals surface area contributed by atoms with Gasteiger partial charge in [-0.3, -0.25) is 9.59 Å². The van der Waals surface area contributed by atoms with Gasteiger partial charge in [0.1, 0.15) is 5.75 Å². The molecule has 2 amide bonds. The second kappa shape index (κ2) is 6.21. The number of halogens is 3. The molecule has 0 spiro atoms. The number of hydrogen-bond donors (Lipinski definition) is 1. The number of hydrogen-bond acceptors (Lipinski definition) is 4. The highest BCUT2D eigenvalue weighted by atomic mass is 19.4. The monoisotopic (exact) mass is 358 g/mol. The minimum atomic E-state index is -4.78. The van der Waals surface area contributed by atoms with Crippen LogP contribution in [-0.2, 0) is 9.59 Å². The van der Waals surface area contributed by atoms with Crippen LogP contribution in [0.25, 0.3) is 0 Å². The predicted octanol–water partition coefficient (Wildman–Crippen LogP) is 1.33. The Hall–Kier alpha value is -2.29. The number of anilines is 1. The molecule has 25 heavy (non-hydrogen) atoms. The lowest BCUT2D eigenvalue weighted by molar-refractivity contribution is -0.253. The zero-order valence-electron chi connectivity index (χ0n) is 13.3. The summed E-state index contributed by atoms with van der Waals surface area (Å²) in [6, 6.07) is 6.84. The van der Waals surface area contributed by atoms with E-state index in [1.165, 1.54) is 4.90 Å². The van der Waals surface area contributed by atoms with Gasteiger partial charge in [0.05, 0.1) is 12.2 Å². The molecule has 2 aliphatic heterocycles. The van der Waals surface area contributed by atoms with Crippen molar-refractivity contribution in [3.05, 3.63) is 24.3 Å².